The minimum Gasteiger partial charge on any atom is -0.190 e. The van der Waals surface area contributed by atoms with E-state index in [0.717, 1.165) is 6.54 Å². The summed E-state index contributed by atoms with van der Waals surface area (Å²) in [5, 5.41) is 7.08. The SMILES string of the molecule is C=C/N=N\CC. The van der Waals surface area contributed by atoms with Crippen molar-refractivity contribution in [1.29, 1.82) is 0 Å². The fraction of sp³-hybridized carbons (Fsp3) is 0.500. The summed E-state index contributed by atoms with van der Waals surface area (Å²) in [6.45, 7) is 6.00. The van der Waals surface area contributed by atoms with Gasteiger partial charge in [0, 0.05) is 6.20 Å². The van der Waals surface area contributed by atoms with Crippen LogP contribution in [0.25, 0.3) is 0 Å². The van der Waals surface area contributed by atoms with Gasteiger partial charge < -0.3 is 0 Å². The van der Waals surface area contributed by atoms with E-state index in [4.69, 9.17) is 0 Å². The molecule has 2 nitrogen and oxygen atoms in total. The van der Waals surface area contributed by atoms with Crippen LogP contribution in [0.15, 0.2) is 23.0 Å². The maximum Gasteiger partial charge on any atom is 0.0574 e. The maximum absolute atomic E-state index is 3.60. The lowest BCUT2D eigenvalue weighted by molar-refractivity contribution is 1.00. The van der Waals surface area contributed by atoms with E-state index in [1.165, 1.54) is 6.20 Å². The van der Waals surface area contributed by atoms with Crippen LogP contribution in [0.2, 0.25) is 0 Å². The lowest BCUT2D eigenvalue weighted by Gasteiger charge is -1.68. The quantitative estimate of drug-likeness (QED) is 0.454. The zero-order valence-electron chi connectivity index (χ0n) is 3.89. The predicted molar refractivity (Wildman–Crippen MR) is 25.6 cm³/mol. The highest BCUT2D eigenvalue weighted by Gasteiger charge is 1.55. The molecule has 0 aliphatic carbocycles. The highest BCUT2D eigenvalue weighted by atomic mass is 15.1. The lowest BCUT2D eigenvalue weighted by atomic mass is 10.8. The second kappa shape index (κ2) is 4.34. The summed E-state index contributed by atoms with van der Waals surface area (Å²) in [6.07, 6.45) is 1.42. The Bertz CT molecular complexity index is 56.6. The molecule has 0 aliphatic rings. The number of nitrogens with zero attached hydrogens (tertiary/aromatic N) is 2. The molecule has 0 atom stereocenters. The third-order valence-corrected chi connectivity index (χ3v) is 0.305. The highest BCUT2D eigenvalue weighted by Crippen LogP contribution is 1.70. The van der Waals surface area contributed by atoms with Crippen LogP contribution in [0.3, 0.4) is 0 Å². The Morgan fingerprint density at radius 1 is 1.83 bits per heavy atom. The standard InChI is InChI=1S/C4H8N2/c1-3-5-6-4-2/h3H,1,4H2,2H3/b6-5-. The fourth-order valence-corrected chi connectivity index (χ4v) is 0.139. The van der Waals surface area contributed by atoms with Gasteiger partial charge >= 0.3 is 0 Å². The topological polar surface area (TPSA) is 24.7 Å². The van der Waals surface area contributed by atoms with E-state index in [2.05, 4.69) is 16.8 Å². The largest absolute Gasteiger partial charge is 0.190 e. The number of azo groups is 1. The molecule has 2 heteroatoms. The second-order valence-electron chi connectivity index (χ2n) is 0.756. The molecule has 0 heterocycles. The number of rotatable bonds is 2. The molecule has 0 saturated heterocycles. The lowest BCUT2D eigenvalue weighted by Crippen LogP contribution is -1.57. The van der Waals surface area contributed by atoms with E-state index in [9.17, 15) is 0 Å². The van der Waals surface area contributed by atoms with Crippen molar-refractivity contribution in [2.24, 2.45) is 10.2 Å². The molecule has 0 aliphatic heterocycles. The minimum atomic E-state index is 0.742. The van der Waals surface area contributed by atoms with Crippen molar-refractivity contribution in [2.45, 2.75) is 6.92 Å². The highest BCUT2D eigenvalue weighted by molar-refractivity contribution is 4.56. The van der Waals surface area contributed by atoms with Crippen molar-refractivity contribution < 1.29 is 0 Å². The molecule has 6 heavy (non-hydrogen) atoms. The first-order valence-corrected chi connectivity index (χ1v) is 1.89. The van der Waals surface area contributed by atoms with E-state index >= 15 is 0 Å². The van der Waals surface area contributed by atoms with Crippen LogP contribution in [0.4, 0.5) is 0 Å². The molecule has 0 amide bonds. The van der Waals surface area contributed by atoms with Gasteiger partial charge in [0.2, 0.25) is 0 Å². The average Bonchev–Trinajstić information content (AvgIpc) is 1.61. The van der Waals surface area contributed by atoms with E-state index in [1.807, 2.05) is 6.92 Å². The summed E-state index contributed by atoms with van der Waals surface area (Å²) in [7, 11) is 0. The van der Waals surface area contributed by atoms with Gasteiger partial charge in [0.1, 0.15) is 0 Å². The van der Waals surface area contributed by atoms with E-state index < -0.39 is 0 Å². The molecule has 0 saturated carbocycles. The Morgan fingerprint density at radius 3 is 2.67 bits per heavy atom. The third kappa shape index (κ3) is 3.34. The summed E-state index contributed by atoms with van der Waals surface area (Å²) in [5.74, 6) is 0. The molecular formula is C4H8N2. The Labute approximate surface area is 37.6 Å². The van der Waals surface area contributed by atoms with Gasteiger partial charge in [-0.1, -0.05) is 6.58 Å². The van der Waals surface area contributed by atoms with Crippen LogP contribution in [0.1, 0.15) is 6.92 Å². The first kappa shape index (κ1) is 5.34. The van der Waals surface area contributed by atoms with Gasteiger partial charge in [0.15, 0.2) is 0 Å². The maximum atomic E-state index is 3.60. The molecule has 0 fully saturated rings. The molecule has 0 aromatic carbocycles. The fourth-order valence-electron chi connectivity index (χ4n) is 0.139. The van der Waals surface area contributed by atoms with Crippen LogP contribution in [0.5, 0.6) is 0 Å². The van der Waals surface area contributed by atoms with Crippen LogP contribution >= 0.6 is 0 Å². The zero-order valence-corrected chi connectivity index (χ0v) is 3.89. The van der Waals surface area contributed by atoms with Crippen molar-refractivity contribution in [2.75, 3.05) is 6.54 Å². The molecule has 0 unspecified atom stereocenters. The predicted octanol–water partition coefficient (Wildman–Crippen LogP) is 1.60. The molecular weight excluding hydrogens is 76.1 g/mol. The van der Waals surface area contributed by atoms with Gasteiger partial charge in [-0.3, -0.25) is 0 Å². The second-order valence-corrected chi connectivity index (χ2v) is 0.756. The summed E-state index contributed by atoms with van der Waals surface area (Å²) < 4.78 is 0. The number of hydrogen-bond acceptors (Lipinski definition) is 2. The van der Waals surface area contributed by atoms with E-state index in [-0.39, 0.29) is 0 Å². The molecule has 0 spiro atoms. The van der Waals surface area contributed by atoms with Gasteiger partial charge in [-0.25, -0.2) is 0 Å². The third-order valence-electron chi connectivity index (χ3n) is 0.305. The van der Waals surface area contributed by atoms with Gasteiger partial charge in [0.25, 0.3) is 0 Å². The summed E-state index contributed by atoms with van der Waals surface area (Å²) >= 11 is 0. The first-order chi connectivity index (χ1) is 2.91. The normalized spacial score (nSPS) is 9.50. The van der Waals surface area contributed by atoms with Gasteiger partial charge in [-0.15, -0.1) is 0 Å². The van der Waals surface area contributed by atoms with Gasteiger partial charge in [-0.2, -0.15) is 10.2 Å². The first-order valence-electron chi connectivity index (χ1n) is 1.89. The molecule has 0 aromatic rings. The Hall–Kier alpha value is -0.660. The van der Waals surface area contributed by atoms with Crippen molar-refractivity contribution >= 4 is 0 Å². The molecule has 0 N–H and O–H groups in total. The molecule has 0 bridgehead atoms. The zero-order chi connectivity index (χ0) is 4.83. The molecule has 34 valence electrons. The average molecular weight is 84.1 g/mol. The van der Waals surface area contributed by atoms with Crippen molar-refractivity contribution in [3.05, 3.63) is 12.8 Å². The van der Waals surface area contributed by atoms with E-state index in [1.54, 1.807) is 0 Å². The number of hydrogen-bond donors (Lipinski definition) is 0. The Kier molecular flexibility index (Phi) is 3.86. The van der Waals surface area contributed by atoms with Gasteiger partial charge in [-0.05, 0) is 6.92 Å². The van der Waals surface area contributed by atoms with Gasteiger partial charge in [0.05, 0.1) is 6.54 Å². The van der Waals surface area contributed by atoms with E-state index in [0.29, 0.717) is 0 Å². The summed E-state index contributed by atoms with van der Waals surface area (Å²) in [4.78, 5) is 0. The summed E-state index contributed by atoms with van der Waals surface area (Å²) in [6, 6.07) is 0. The monoisotopic (exact) mass is 84.1 g/mol. The van der Waals surface area contributed by atoms with Crippen molar-refractivity contribution in [3.8, 4) is 0 Å². The molecule has 0 radical (unpaired) electrons. The molecule has 0 aromatic heterocycles. The Morgan fingerprint density at radius 2 is 2.50 bits per heavy atom. The molecule has 0 rings (SSSR count). The minimum absolute atomic E-state index is 0.742. The van der Waals surface area contributed by atoms with Crippen LogP contribution in [-0.2, 0) is 0 Å². The smallest absolute Gasteiger partial charge is 0.0574 e. The Balaban J connectivity index is 2.94. The van der Waals surface area contributed by atoms with Crippen LogP contribution in [-0.4, -0.2) is 6.54 Å². The van der Waals surface area contributed by atoms with Crippen molar-refractivity contribution in [3.63, 3.8) is 0 Å². The van der Waals surface area contributed by atoms with Crippen molar-refractivity contribution in [1.82, 2.24) is 0 Å². The van der Waals surface area contributed by atoms with Crippen LogP contribution < -0.4 is 0 Å². The van der Waals surface area contributed by atoms with Crippen LogP contribution in [0, 0.1) is 0 Å². The summed E-state index contributed by atoms with van der Waals surface area (Å²) in [5.41, 5.74) is 0.